The van der Waals surface area contributed by atoms with Crippen molar-refractivity contribution in [3.8, 4) is 11.3 Å². The summed E-state index contributed by atoms with van der Waals surface area (Å²) < 4.78 is 1.94. The van der Waals surface area contributed by atoms with Crippen molar-refractivity contribution in [2.75, 3.05) is 5.73 Å². The summed E-state index contributed by atoms with van der Waals surface area (Å²) in [5, 5.41) is 0. The Balaban J connectivity index is 2.40. The Morgan fingerprint density at radius 2 is 1.65 bits per heavy atom. The van der Waals surface area contributed by atoms with Crippen LogP contribution in [-0.2, 0) is 0 Å². The van der Waals surface area contributed by atoms with Crippen LogP contribution in [0.3, 0.4) is 0 Å². The first-order valence-electron chi connectivity index (χ1n) is 6.81. The zero-order valence-corrected chi connectivity index (χ0v) is 12.4. The van der Waals surface area contributed by atoms with Crippen molar-refractivity contribution in [2.24, 2.45) is 0 Å². The fourth-order valence-corrected chi connectivity index (χ4v) is 2.77. The summed E-state index contributed by atoms with van der Waals surface area (Å²) in [6.45, 7) is 8.55. The summed E-state index contributed by atoms with van der Waals surface area (Å²) in [6.07, 6.45) is 1.95. The molecule has 0 aliphatic carbocycles. The predicted octanol–water partition coefficient (Wildman–Crippen LogP) is 3.82. The smallest absolute Gasteiger partial charge is 0.139 e. The number of hydrogen-bond acceptors (Lipinski definition) is 2. The van der Waals surface area contributed by atoms with Crippen molar-refractivity contribution in [3.63, 3.8) is 0 Å². The summed E-state index contributed by atoms with van der Waals surface area (Å²) in [4.78, 5) is 4.72. The van der Waals surface area contributed by atoms with Crippen molar-refractivity contribution in [1.82, 2.24) is 9.38 Å². The number of rotatable bonds is 1. The molecule has 3 rings (SSSR count). The first-order chi connectivity index (χ1) is 9.50. The number of benzene rings is 1. The van der Waals surface area contributed by atoms with Crippen LogP contribution in [0.15, 0.2) is 30.5 Å². The maximum atomic E-state index is 6.31. The molecule has 102 valence electrons. The van der Waals surface area contributed by atoms with Crippen molar-refractivity contribution in [1.29, 1.82) is 0 Å². The minimum absolute atomic E-state index is 0.705. The molecule has 0 saturated heterocycles. The molecule has 1 aromatic carbocycles. The van der Waals surface area contributed by atoms with Crippen molar-refractivity contribution in [2.45, 2.75) is 27.7 Å². The van der Waals surface area contributed by atoms with Gasteiger partial charge in [-0.15, -0.1) is 0 Å². The molecule has 0 bridgehead atoms. The van der Waals surface area contributed by atoms with Gasteiger partial charge in [0.1, 0.15) is 17.2 Å². The number of pyridine rings is 1. The maximum absolute atomic E-state index is 6.31. The van der Waals surface area contributed by atoms with Crippen LogP contribution in [0.2, 0.25) is 0 Å². The molecular weight excluding hydrogens is 246 g/mol. The van der Waals surface area contributed by atoms with E-state index in [4.69, 9.17) is 10.7 Å². The molecule has 0 atom stereocenters. The predicted molar refractivity (Wildman–Crippen MR) is 84.0 cm³/mol. The molecule has 20 heavy (non-hydrogen) atoms. The highest BCUT2D eigenvalue weighted by Crippen LogP contribution is 2.34. The highest BCUT2D eigenvalue weighted by molar-refractivity contribution is 5.80. The summed E-state index contributed by atoms with van der Waals surface area (Å²) in [7, 11) is 0. The zero-order valence-electron chi connectivity index (χ0n) is 12.4. The lowest BCUT2D eigenvalue weighted by Crippen LogP contribution is -1.99. The van der Waals surface area contributed by atoms with Gasteiger partial charge in [0.05, 0.1) is 0 Å². The zero-order chi connectivity index (χ0) is 14.4. The molecule has 0 fully saturated rings. The molecule has 3 aromatic rings. The van der Waals surface area contributed by atoms with Gasteiger partial charge in [-0.05, 0) is 62.1 Å². The van der Waals surface area contributed by atoms with Crippen LogP contribution in [0.1, 0.15) is 22.3 Å². The lowest BCUT2D eigenvalue weighted by molar-refractivity contribution is 1.20. The first kappa shape index (κ1) is 12.7. The second-order valence-corrected chi connectivity index (χ2v) is 5.41. The molecular formula is C17H19N3. The minimum Gasteiger partial charge on any atom is -0.383 e. The maximum Gasteiger partial charge on any atom is 0.139 e. The number of nitrogens with zero attached hydrogens (tertiary/aromatic N) is 2. The SMILES string of the molecule is Cc1cc(C)c(C)c(-c2nc3ccccn3c2N)c1C. The Bertz CT molecular complexity index is 786. The molecule has 0 aliphatic heterocycles. The number of hydrogen-bond donors (Lipinski definition) is 1. The van der Waals surface area contributed by atoms with E-state index in [0.717, 1.165) is 11.3 Å². The lowest BCUT2D eigenvalue weighted by atomic mass is 9.92. The van der Waals surface area contributed by atoms with E-state index >= 15 is 0 Å². The fraction of sp³-hybridized carbons (Fsp3) is 0.235. The van der Waals surface area contributed by atoms with Gasteiger partial charge in [-0.2, -0.15) is 0 Å². The minimum atomic E-state index is 0.705. The number of imidazole rings is 1. The van der Waals surface area contributed by atoms with Crippen LogP contribution in [0, 0.1) is 27.7 Å². The van der Waals surface area contributed by atoms with E-state index in [1.807, 2.05) is 28.8 Å². The monoisotopic (exact) mass is 265 g/mol. The third-order valence-corrected chi connectivity index (χ3v) is 4.17. The van der Waals surface area contributed by atoms with E-state index in [-0.39, 0.29) is 0 Å². The molecule has 3 nitrogen and oxygen atoms in total. The molecule has 0 spiro atoms. The third kappa shape index (κ3) is 1.70. The summed E-state index contributed by atoms with van der Waals surface area (Å²) >= 11 is 0. The number of fused-ring (bicyclic) bond motifs is 1. The van der Waals surface area contributed by atoms with Gasteiger partial charge in [-0.1, -0.05) is 12.1 Å². The molecule has 0 aliphatic rings. The van der Waals surface area contributed by atoms with E-state index in [9.17, 15) is 0 Å². The van der Waals surface area contributed by atoms with E-state index in [2.05, 4.69) is 33.8 Å². The Kier molecular flexibility index (Phi) is 2.78. The molecule has 0 saturated carbocycles. The van der Waals surface area contributed by atoms with Crippen molar-refractivity contribution < 1.29 is 0 Å². The molecule has 0 radical (unpaired) electrons. The van der Waals surface area contributed by atoms with Crippen LogP contribution in [-0.4, -0.2) is 9.38 Å². The number of aromatic nitrogens is 2. The van der Waals surface area contributed by atoms with Gasteiger partial charge in [0.25, 0.3) is 0 Å². The van der Waals surface area contributed by atoms with Gasteiger partial charge in [0, 0.05) is 11.8 Å². The molecule has 3 heteroatoms. The van der Waals surface area contributed by atoms with E-state index in [1.54, 1.807) is 0 Å². The van der Waals surface area contributed by atoms with Crippen molar-refractivity contribution >= 4 is 11.5 Å². The lowest BCUT2D eigenvalue weighted by Gasteiger charge is -2.14. The average Bonchev–Trinajstić information content (AvgIpc) is 2.75. The highest BCUT2D eigenvalue weighted by atomic mass is 15.1. The fourth-order valence-electron chi connectivity index (χ4n) is 2.77. The quantitative estimate of drug-likeness (QED) is 0.727. The topological polar surface area (TPSA) is 43.3 Å². The highest BCUT2D eigenvalue weighted by Gasteiger charge is 2.17. The summed E-state index contributed by atoms with van der Waals surface area (Å²) in [5.74, 6) is 0.705. The van der Waals surface area contributed by atoms with Gasteiger partial charge in [-0.3, -0.25) is 4.40 Å². The second kappa shape index (κ2) is 4.37. The Morgan fingerprint density at radius 3 is 2.25 bits per heavy atom. The molecule has 2 aromatic heterocycles. The molecule has 2 N–H and O–H groups in total. The van der Waals surface area contributed by atoms with Crippen LogP contribution in [0.5, 0.6) is 0 Å². The number of nitrogen functional groups attached to an aromatic ring is 1. The Morgan fingerprint density at radius 1 is 1.00 bits per heavy atom. The second-order valence-electron chi connectivity index (χ2n) is 5.41. The molecule has 2 heterocycles. The largest absolute Gasteiger partial charge is 0.383 e. The normalized spacial score (nSPS) is 11.2. The van der Waals surface area contributed by atoms with Gasteiger partial charge < -0.3 is 5.73 Å². The van der Waals surface area contributed by atoms with Crippen LogP contribution in [0.25, 0.3) is 16.9 Å². The number of nitrogens with two attached hydrogens (primary N) is 1. The third-order valence-electron chi connectivity index (χ3n) is 4.17. The number of aryl methyl sites for hydroxylation is 2. The van der Waals surface area contributed by atoms with Gasteiger partial charge in [-0.25, -0.2) is 4.98 Å². The molecule has 0 amide bonds. The van der Waals surface area contributed by atoms with E-state index < -0.39 is 0 Å². The first-order valence-corrected chi connectivity index (χ1v) is 6.81. The Labute approximate surface area is 119 Å². The Hall–Kier alpha value is -2.29. The molecule has 0 unspecified atom stereocenters. The van der Waals surface area contributed by atoms with Gasteiger partial charge in [0.15, 0.2) is 0 Å². The van der Waals surface area contributed by atoms with Gasteiger partial charge >= 0.3 is 0 Å². The van der Waals surface area contributed by atoms with Gasteiger partial charge in [0.2, 0.25) is 0 Å². The van der Waals surface area contributed by atoms with Crippen LogP contribution in [0.4, 0.5) is 5.82 Å². The van der Waals surface area contributed by atoms with E-state index in [0.29, 0.717) is 5.82 Å². The summed E-state index contributed by atoms with van der Waals surface area (Å²) in [6, 6.07) is 8.15. The van der Waals surface area contributed by atoms with Crippen LogP contribution >= 0.6 is 0 Å². The van der Waals surface area contributed by atoms with E-state index in [1.165, 1.54) is 27.8 Å². The number of anilines is 1. The average molecular weight is 265 g/mol. The van der Waals surface area contributed by atoms with Crippen molar-refractivity contribution in [3.05, 3.63) is 52.7 Å². The van der Waals surface area contributed by atoms with Crippen LogP contribution < -0.4 is 5.73 Å². The standard InChI is InChI=1S/C17H19N3/c1-10-9-11(2)13(4)15(12(10)3)16-17(18)20-8-6-5-7-14(20)19-16/h5-9H,18H2,1-4H3. The summed E-state index contributed by atoms with van der Waals surface area (Å²) in [5.41, 5.74) is 14.3.